The molecule has 2 N–H and O–H groups in total. The van der Waals surface area contributed by atoms with Crippen LogP contribution in [-0.2, 0) is 9.53 Å². The maximum Gasteiger partial charge on any atom is 0.309 e. The van der Waals surface area contributed by atoms with Crippen LogP contribution in [0.4, 0.5) is 0 Å². The van der Waals surface area contributed by atoms with Gasteiger partial charge in [-0.1, -0.05) is 20.8 Å². The van der Waals surface area contributed by atoms with Crippen molar-refractivity contribution in [1.82, 2.24) is 4.90 Å². The van der Waals surface area contributed by atoms with Crippen LogP contribution in [0.5, 0.6) is 0 Å². The Bertz CT molecular complexity index is 217. The predicted octanol–water partition coefficient (Wildman–Crippen LogP) is 1.10. The molecule has 0 amide bonds. The molecule has 0 fully saturated rings. The van der Waals surface area contributed by atoms with Crippen LogP contribution in [0.25, 0.3) is 0 Å². The minimum atomic E-state index is -0.125. The third kappa shape index (κ3) is 6.08. The molecule has 0 saturated heterocycles. The van der Waals surface area contributed by atoms with Crippen LogP contribution in [-0.4, -0.2) is 44.2 Å². The van der Waals surface area contributed by atoms with Gasteiger partial charge in [0.25, 0.3) is 0 Å². The van der Waals surface area contributed by atoms with E-state index in [0.717, 1.165) is 6.54 Å². The highest BCUT2D eigenvalue weighted by Crippen LogP contribution is 2.14. The molecule has 0 saturated carbocycles. The van der Waals surface area contributed by atoms with Gasteiger partial charge in [-0.3, -0.25) is 4.79 Å². The molecule has 0 aliphatic heterocycles. The van der Waals surface area contributed by atoms with E-state index in [0.29, 0.717) is 19.7 Å². The minimum Gasteiger partial charge on any atom is -0.466 e. The Morgan fingerprint density at radius 2 is 2.06 bits per heavy atom. The van der Waals surface area contributed by atoms with Crippen molar-refractivity contribution < 1.29 is 9.53 Å². The second-order valence-electron chi connectivity index (χ2n) is 5.22. The van der Waals surface area contributed by atoms with E-state index in [9.17, 15) is 4.79 Å². The van der Waals surface area contributed by atoms with Crippen LogP contribution >= 0.6 is 0 Å². The van der Waals surface area contributed by atoms with Crippen LogP contribution in [0.1, 0.15) is 27.7 Å². The zero-order valence-corrected chi connectivity index (χ0v) is 11.2. The summed E-state index contributed by atoms with van der Waals surface area (Å²) in [6.45, 7) is 10.6. The molecule has 0 rings (SSSR count). The molecule has 0 heterocycles. The third-order valence-electron chi connectivity index (χ3n) is 2.53. The van der Waals surface area contributed by atoms with Gasteiger partial charge in [0, 0.05) is 13.1 Å². The van der Waals surface area contributed by atoms with E-state index < -0.39 is 0 Å². The summed E-state index contributed by atoms with van der Waals surface area (Å²) in [6.07, 6.45) is 0. The fourth-order valence-electron chi connectivity index (χ4n) is 1.69. The summed E-state index contributed by atoms with van der Waals surface area (Å²) in [6, 6.07) is 0. The first-order valence-electron chi connectivity index (χ1n) is 5.87. The van der Waals surface area contributed by atoms with Gasteiger partial charge in [0.2, 0.25) is 0 Å². The lowest BCUT2D eigenvalue weighted by molar-refractivity contribution is -0.148. The number of ether oxygens (including phenoxy) is 1. The maximum atomic E-state index is 11.4. The van der Waals surface area contributed by atoms with Gasteiger partial charge in [0.1, 0.15) is 0 Å². The first-order valence-corrected chi connectivity index (χ1v) is 5.87. The lowest BCUT2D eigenvalue weighted by atomic mass is 9.93. The maximum absolute atomic E-state index is 11.4. The summed E-state index contributed by atoms with van der Waals surface area (Å²) < 4.78 is 4.97. The second-order valence-corrected chi connectivity index (χ2v) is 5.22. The number of hydrogen-bond donors (Lipinski definition) is 1. The van der Waals surface area contributed by atoms with E-state index in [2.05, 4.69) is 18.7 Å². The van der Waals surface area contributed by atoms with Crippen molar-refractivity contribution in [2.75, 3.05) is 33.3 Å². The number of nitrogens with zero attached hydrogens (tertiary/aromatic N) is 1. The smallest absolute Gasteiger partial charge is 0.309 e. The zero-order valence-electron chi connectivity index (χ0n) is 11.2. The average molecular weight is 230 g/mol. The lowest BCUT2D eigenvalue weighted by Crippen LogP contribution is -2.39. The van der Waals surface area contributed by atoms with E-state index in [1.807, 2.05) is 20.9 Å². The molecular weight excluding hydrogens is 204 g/mol. The Labute approximate surface area is 99.1 Å². The first-order chi connectivity index (χ1) is 7.32. The van der Waals surface area contributed by atoms with E-state index >= 15 is 0 Å². The van der Waals surface area contributed by atoms with E-state index in [-0.39, 0.29) is 17.3 Å². The summed E-state index contributed by atoms with van der Waals surface area (Å²) in [4.78, 5) is 13.6. The number of carbonyl (C=O) groups excluding carboxylic acids is 1. The normalized spacial score (nSPS) is 13.9. The highest BCUT2D eigenvalue weighted by Gasteiger charge is 2.21. The van der Waals surface area contributed by atoms with E-state index in [4.69, 9.17) is 10.5 Å². The Balaban J connectivity index is 4.04. The fourth-order valence-corrected chi connectivity index (χ4v) is 1.69. The largest absolute Gasteiger partial charge is 0.466 e. The highest BCUT2D eigenvalue weighted by molar-refractivity contribution is 5.72. The van der Waals surface area contributed by atoms with Crippen molar-refractivity contribution in [3.63, 3.8) is 0 Å². The number of rotatable bonds is 7. The number of hydrogen-bond acceptors (Lipinski definition) is 4. The molecule has 4 nitrogen and oxygen atoms in total. The number of carbonyl (C=O) groups is 1. The molecule has 0 aromatic heterocycles. The molecule has 1 atom stereocenters. The number of esters is 1. The molecule has 0 radical (unpaired) electrons. The summed E-state index contributed by atoms with van der Waals surface area (Å²) in [5, 5.41) is 0. The average Bonchev–Trinajstić information content (AvgIpc) is 2.17. The van der Waals surface area contributed by atoms with Crippen molar-refractivity contribution >= 4 is 5.97 Å². The van der Waals surface area contributed by atoms with Crippen LogP contribution in [0.3, 0.4) is 0 Å². The zero-order chi connectivity index (χ0) is 12.8. The van der Waals surface area contributed by atoms with Gasteiger partial charge in [-0.2, -0.15) is 0 Å². The summed E-state index contributed by atoms with van der Waals surface area (Å²) in [7, 11) is 2.01. The van der Waals surface area contributed by atoms with E-state index in [1.54, 1.807) is 0 Å². The van der Waals surface area contributed by atoms with Gasteiger partial charge in [0.05, 0.1) is 12.5 Å². The quantitative estimate of drug-likeness (QED) is 0.665. The topological polar surface area (TPSA) is 55.6 Å². The van der Waals surface area contributed by atoms with Crippen LogP contribution in [0.15, 0.2) is 0 Å². The molecule has 0 aromatic rings. The van der Waals surface area contributed by atoms with Gasteiger partial charge in [-0.15, -0.1) is 0 Å². The second kappa shape index (κ2) is 6.86. The van der Waals surface area contributed by atoms with Crippen molar-refractivity contribution in [2.24, 2.45) is 17.1 Å². The molecule has 1 unspecified atom stereocenters. The Kier molecular flexibility index (Phi) is 6.60. The third-order valence-corrected chi connectivity index (χ3v) is 2.53. The molecule has 0 aromatic carbocycles. The lowest BCUT2D eigenvalue weighted by Gasteiger charge is -2.30. The fraction of sp³-hybridized carbons (Fsp3) is 0.917. The van der Waals surface area contributed by atoms with Crippen LogP contribution < -0.4 is 5.73 Å². The highest BCUT2D eigenvalue weighted by atomic mass is 16.5. The molecular formula is C12H26N2O2. The van der Waals surface area contributed by atoms with Crippen LogP contribution in [0.2, 0.25) is 0 Å². The van der Waals surface area contributed by atoms with Gasteiger partial charge >= 0.3 is 5.97 Å². The van der Waals surface area contributed by atoms with Crippen molar-refractivity contribution in [3.05, 3.63) is 0 Å². The monoisotopic (exact) mass is 230 g/mol. The van der Waals surface area contributed by atoms with Crippen molar-refractivity contribution in [1.29, 1.82) is 0 Å². The molecule has 96 valence electrons. The number of nitrogens with two attached hydrogens (primary N) is 1. The van der Waals surface area contributed by atoms with Gasteiger partial charge in [-0.25, -0.2) is 0 Å². The molecule has 4 heteroatoms. The molecule has 0 bridgehead atoms. The predicted molar refractivity (Wildman–Crippen MR) is 66.1 cm³/mol. The Hall–Kier alpha value is -0.610. The SMILES string of the molecule is CCOC(=O)C(C)CN(C)CC(C)(C)CN. The Morgan fingerprint density at radius 3 is 2.50 bits per heavy atom. The molecule has 16 heavy (non-hydrogen) atoms. The summed E-state index contributed by atoms with van der Waals surface area (Å²) in [5.41, 5.74) is 5.76. The van der Waals surface area contributed by atoms with Gasteiger partial charge in [0.15, 0.2) is 0 Å². The van der Waals surface area contributed by atoms with Crippen molar-refractivity contribution in [2.45, 2.75) is 27.7 Å². The minimum absolute atomic E-state index is 0.0847. The van der Waals surface area contributed by atoms with Crippen molar-refractivity contribution in [3.8, 4) is 0 Å². The summed E-state index contributed by atoms with van der Waals surface area (Å²) >= 11 is 0. The van der Waals surface area contributed by atoms with E-state index in [1.165, 1.54) is 0 Å². The summed E-state index contributed by atoms with van der Waals surface area (Å²) in [5.74, 6) is -0.210. The van der Waals surface area contributed by atoms with Gasteiger partial charge < -0.3 is 15.4 Å². The Morgan fingerprint density at radius 1 is 1.50 bits per heavy atom. The van der Waals surface area contributed by atoms with Gasteiger partial charge in [-0.05, 0) is 25.9 Å². The first kappa shape index (κ1) is 15.4. The molecule has 0 aliphatic carbocycles. The van der Waals surface area contributed by atoms with Crippen LogP contribution in [0, 0.1) is 11.3 Å². The standard InChI is InChI=1S/C12H26N2O2/c1-6-16-11(15)10(2)7-14(5)9-12(3,4)8-13/h10H,6-9,13H2,1-5H3. The molecule has 0 aliphatic rings. The molecule has 0 spiro atoms.